The second-order valence-electron chi connectivity index (χ2n) is 16.2. The molecule has 0 aliphatic rings. The Morgan fingerprint density at radius 3 is 0.900 bits per heavy atom. The summed E-state index contributed by atoms with van der Waals surface area (Å²) in [5, 5.41) is 23.1. The van der Waals surface area contributed by atoms with Gasteiger partial charge in [0.05, 0.1) is 18.8 Å². The van der Waals surface area contributed by atoms with E-state index in [0.29, 0.717) is 12.8 Å². The van der Waals surface area contributed by atoms with Crippen molar-refractivity contribution in [2.24, 2.45) is 0 Å². The minimum atomic E-state index is -0.652. The Hall–Kier alpha value is -0.610. The molecule has 4 nitrogen and oxygen atoms in total. The number of aliphatic hydroxyl groups excluding tert-OH is 2. The van der Waals surface area contributed by atoms with Gasteiger partial charge in [-0.1, -0.05) is 251 Å². The molecule has 0 fully saturated rings. The van der Waals surface area contributed by atoms with Crippen LogP contribution in [0.3, 0.4) is 0 Å². The van der Waals surface area contributed by atoms with E-state index in [1.165, 1.54) is 218 Å². The molecule has 300 valence electrons. The lowest BCUT2D eigenvalue weighted by molar-refractivity contribution is -0.123. The lowest BCUT2D eigenvalue weighted by Crippen LogP contribution is -2.45. The second kappa shape index (κ2) is 42.8. The van der Waals surface area contributed by atoms with Gasteiger partial charge < -0.3 is 15.5 Å². The summed E-state index contributed by atoms with van der Waals surface area (Å²) in [7, 11) is 0. The molecule has 50 heavy (non-hydrogen) atoms. The van der Waals surface area contributed by atoms with Crippen molar-refractivity contribution in [3.8, 4) is 0 Å². The summed E-state index contributed by atoms with van der Waals surface area (Å²) in [5.74, 6) is -0.0263. The van der Waals surface area contributed by atoms with Gasteiger partial charge in [0.15, 0.2) is 0 Å². The lowest BCUT2D eigenvalue weighted by atomic mass is 10.0. The minimum Gasteiger partial charge on any atom is -0.394 e. The number of hydrogen-bond acceptors (Lipinski definition) is 3. The van der Waals surface area contributed by atoms with Gasteiger partial charge in [-0.05, 0) is 12.8 Å². The average Bonchev–Trinajstić information content (AvgIpc) is 3.12. The van der Waals surface area contributed by atoms with Gasteiger partial charge in [0, 0.05) is 6.42 Å². The zero-order valence-electron chi connectivity index (χ0n) is 34.4. The van der Waals surface area contributed by atoms with Gasteiger partial charge in [-0.25, -0.2) is 0 Å². The van der Waals surface area contributed by atoms with E-state index in [2.05, 4.69) is 19.2 Å². The predicted octanol–water partition coefficient (Wildman–Crippen LogP) is 14.5. The first-order chi connectivity index (χ1) is 24.7. The van der Waals surface area contributed by atoms with Crippen molar-refractivity contribution in [2.75, 3.05) is 6.61 Å². The van der Waals surface area contributed by atoms with Gasteiger partial charge in [0.25, 0.3) is 0 Å². The highest BCUT2D eigenvalue weighted by atomic mass is 16.3. The fraction of sp³-hybridized carbons (Fsp3) is 0.978. The number of rotatable bonds is 43. The van der Waals surface area contributed by atoms with Gasteiger partial charge in [-0.3, -0.25) is 4.79 Å². The van der Waals surface area contributed by atoms with Crippen molar-refractivity contribution in [1.29, 1.82) is 0 Å². The van der Waals surface area contributed by atoms with Crippen LogP contribution in [0.5, 0.6) is 0 Å². The van der Waals surface area contributed by atoms with Crippen molar-refractivity contribution < 1.29 is 15.0 Å². The number of hydrogen-bond donors (Lipinski definition) is 3. The fourth-order valence-corrected chi connectivity index (χ4v) is 7.54. The van der Waals surface area contributed by atoms with Gasteiger partial charge in [0.2, 0.25) is 5.91 Å². The molecule has 0 aromatic carbocycles. The van der Waals surface area contributed by atoms with Crippen molar-refractivity contribution in [2.45, 2.75) is 283 Å². The van der Waals surface area contributed by atoms with Gasteiger partial charge in [-0.15, -0.1) is 0 Å². The van der Waals surface area contributed by atoms with Crippen LogP contribution in [0.15, 0.2) is 0 Å². The first kappa shape index (κ1) is 49.4. The van der Waals surface area contributed by atoms with Crippen LogP contribution in [0.1, 0.15) is 271 Å². The van der Waals surface area contributed by atoms with Gasteiger partial charge in [-0.2, -0.15) is 0 Å². The molecule has 0 bridgehead atoms. The number of aliphatic hydroxyl groups is 2. The van der Waals surface area contributed by atoms with E-state index in [4.69, 9.17) is 0 Å². The summed E-state index contributed by atoms with van der Waals surface area (Å²) < 4.78 is 0. The highest BCUT2D eigenvalue weighted by molar-refractivity contribution is 5.76. The monoisotopic (exact) mass is 708 g/mol. The van der Waals surface area contributed by atoms with Crippen LogP contribution in [-0.4, -0.2) is 34.9 Å². The maximum Gasteiger partial charge on any atom is 0.220 e. The molecule has 0 radical (unpaired) electrons. The molecule has 0 aliphatic carbocycles. The highest BCUT2D eigenvalue weighted by Gasteiger charge is 2.20. The Balaban J connectivity index is 3.38. The quantitative estimate of drug-likeness (QED) is 0.0553. The predicted molar refractivity (Wildman–Crippen MR) is 221 cm³/mol. The van der Waals surface area contributed by atoms with E-state index in [0.717, 1.165) is 25.7 Å². The zero-order chi connectivity index (χ0) is 36.4. The molecule has 0 rings (SSSR count). The third-order valence-corrected chi connectivity index (χ3v) is 11.1. The van der Waals surface area contributed by atoms with E-state index >= 15 is 0 Å². The Kier molecular flexibility index (Phi) is 42.3. The first-order valence-electron chi connectivity index (χ1n) is 23.2. The normalized spacial score (nSPS) is 12.8. The molecular weight excluding hydrogens is 615 g/mol. The van der Waals surface area contributed by atoms with Crippen molar-refractivity contribution >= 4 is 5.91 Å². The van der Waals surface area contributed by atoms with E-state index in [-0.39, 0.29) is 12.5 Å². The first-order valence-corrected chi connectivity index (χ1v) is 23.2. The standard InChI is InChI=1S/C46H93NO3/c1-3-5-7-9-11-13-15-16-17-18-19-20-21-22-23-24-25-26-27-28-29-30-32-34-36-38-40-42-46(50)47-44(43-48)45(49)41-39-37-35-33-31-14-12-10-8-6-4-2/h44-45,48-49H,3-43H2,1-2H3,(H,47,50)/t44-,45+/m0/s1. The topological polar surface area (TPSA) is 69.6 Å². The molecule has 0 spiro atoms. The summed E-state index contributed by atoms with van der Waals surface area (Å²) in [6.45, 7) is 4.37. The van der Waals surface area contributed by atoms with Crippen molar-refractivity contribution in [1.82, 2.24) is 5.32 Å². The lowest BCUT2D eigenvalue weighted by Gasteiger charge is -2.22. The third kappa shape index (κ3) is 38.6. The van der Waals surface area contributed by atoms with E-state index in [1.807, 2.05) is 0 Å². The van der Waals surface area contributed by atoms with Gasteiger partial charge in [0.1, 0.15) is 0 Å². The number of carbonyl (C=O) groups is 1. The zero-order valence-corrected chi connectivity index (χ0v) is 34.4. The Labute approximate surface area is 314 Å². The smallest absolute Gasteiger partial charge is 0.220 e. The maximum atomic E-state index is 12.4. The average molecular weight is 708 g/mol. The molecule has 0 saturated heterocycles. The molecule has 0 aliphatic heterocycles. The summed E-state index contributed by atoms with van der Waals surface area (Å²) in [4.78, 5) is 12.4. The van der Waals surface area contributed by atoms with Crippen LogP contribution < -0.4 is 5.32 Å². The number of unbranched alkanes of at least 4 members (excludes halogenated alkanes) is 36. The van der Waals surface area contributed by atoms with Crippen molar-refractivity contribution in [3.05, 3.63) is 0 Å². The van der Waals surface area contributed by atoms with Gasteiger partial charge >= 0.3 is 0 Å². The van der Waals surface area contributed by atoms with Crippen LogP contribution >= 0.6 is 0 Å². The Morgan fingerprint density at radius 2 is 0.640 bits per heavy atom. The largest absolute Gasteiger partial charge is 0.394 e. The second-order valence-corrected chi connectivity index (χ2v) is 16.2. The molecular formula is C46H93NO3. The fourth-order valence-electron chi connectivity index (χ4n) is 7.54. The summed E-state index contributed by atoms with van der Waals surface area (Å²) in [6, 6.07) is -0.528. The molecule has 0 aromatic heterocycles. The molecule has 4 heteroatoms. The molecule has 1 amide bonds. The van der Waals surface area contributed by atoms with E-state index in [1.54, 1.807) is 0 Å². The molecule has 0 saturated carbocycles. The van der Waals surface area contributed by atoms with E-state index in [9.17, 15) is 15.0 Å². The SMILES string of the molecule is CCCCCCCCCCCCCCCCCCCCCCCCCCCCCC(=O)N[C@@H](CO)[C@H](O)CCCCCCCCCCCCC. The Bertz CT molecular complexity index is 641. The summed E-state index contributed by atoms with van der Waals surface area (Å²) >= 11 is 0. The summed E-state index contributed by atoms with van der Waals surface area (Å²) in [5.41, 5.74) is 0. The van der Waals surface area contributed by atoms with Crippen molar-refractivity contribution in [3.63, 3.8) is 0 Å². The molecule has 0 heterocycles. The van der Waals surface area contributed by atoms with E-state index < -0.39 is 12.1 Å². The molecule has 2 atom stereocenters. The van der Waals surface area contributed by atoms with Crippen LogP contribution in [0.2, 0.25) is 0 Å². The molecule has 0 aromatic rings. The number of nitrogens with one attached hydrogen (secondary N) is 1. The van der Waals surface area contributed by atoms with Crippen LogP contribution in [-0.2, 0) is 4.79 Å². The molecule has 0 unspecified atom stereocenters. The number of carbonyl (C=O) groups excluding carboxylic acids is 1. The highest BCUT2D eigenvalue weighted by Crippen LogP contribution is 2.17. The minimum absolute atomic E-state index is 0.0263. The summed E-state index contributed by atoms with van der Waals surface area (Å²) in [6.07, 6.45) is 52.0. The maximum absolute atomic E-state index is 12.4. The van der Waals surface area contributed by atoms with Crippen LogP contribution in [0, 0.1) is 0 Å². The third-order valence-electron chi connectivity index (χ3n) is 11.1. The number of amides is 1. The molecule has 3 N–H and O–H groups in total. The Morgan fingerprint density at radius 1 is 0.400 bits per heavy atom. The van der Waals surface area contributed by atoms with Crippen LogP contribution in [0.25, 0.3) is 0 Å². The van der Waals surface area contributed by atoms with Crippen LogP contribution in [0.4, 0.5) is 0 Å².